The Morgan fingerprint density at radius 2 is 1.33 bits per heavy atom. The number of allylic oxidation sites excluding steroid dienone is 2. The van der Waals surface area contributed by atoms with E-state index in [1.165, 1.54) is 57.8 Å². The van der Waals surface area contributed by atoms with Gasteiger partial charge < -0.3 is 4.74 Å². The van der Waals surface area contributed by atoms with Crippen LogP contribution in [0.3, 0.4) is 0 Å². The van der Waals surface area contributed by atoms with Gasteiger partial charge in [0.15, 0.2) is 12.4 Å². The number of hydrogen-bond donors (Lipinski definition) is 0. The van der Waals surface area contributed by atoms with Crippen molar-refractivity contribution < 1.29 is 14.3 Å². The number of ketones is 1. The van der Waals surface area contributed by atoms with Gasteiger partial charge in [0.1, 0.15) is 0 Å². The highest BCUT2D eigenvalue weighted by molar-refractivity contribution is 6.01. The van der Waals surface area contributed by atoms with Gasteiger partial charge in [0.2, 0.25) is 0 Å². The van der Waals surface area contributed by atoms with Crippen molar-refractivity contribution in [2.24, 2.45) is 0 Å². The second-order valence-corrected chi connectivity index (χ2v) is 8.98. The van der Waals surface area contributed by atoms with Crippen LogP contribution in [-0.4, -0.2) is 18.4 Å². The van der Waals surface area contributed by atoms with Crippen LogP contribution in [0.4, 0.5) is 0 Å². The van der Waals surface area contributed by atoms with Crippen molar-refractivity contribution in [3.63, 3.8) is 0 Å². The Kier molecular flexibility index (Phi) is 13.9. The molecule has 3 heteroatoms. The molecule has 0 aliphatic heterocycles. The summed E-state index contributed by atoms with van der Waals surface area (Å²) in [5.41, 5.74) is 0.582. The number of carbonyl (C=O) groups excluding carboxylic acids is 2. The second-order valence-electron chi connectivity index (χ2n) is 8.98. The smallest absolute Gasteiger partial charge is 0.306 e. The molecule has 0 aliphatic rings. The average molecular weight is 451 g/mol. The van der Waals surface area contributed by atoms with Crippen molar-refractivity contribution >= 4 is 22.5 Å². The highest BCUT2D eigenvalue weighted by Gasteiger charge is 2.10. The molecule has 0 radical (unpaired) electrons. The molecular weight excluding hydrogens is 408 g/mol. The van der Waals surface area contributed by atoms with Crippen LogP contribution in [0.2, 0.25) is 0 Å². The standard InChI is InChI=1S/C30H42O3/c1-2-3-4-5-6-7-8-9-10-11-12-13-14-15-16-21-30(32)33-25-29(31)28-23-22-26-19-17-18-20-27(26)24-28/h12-13,17-20,22-24H,2-11,14-16,21,25H2,1H3/b13-12-. The second kappa shape index (κ2) is 17.1. The van der Waals surface area contributed by atoms with Crippen LogP contribution < -0.4 is 0 Å². The van der Waals surface area contributed by atoms with Gasteiger partial charge >= 0.3 is 5.97 Å². The molecule has 0 saturated heterocycles. The first-order valence-electron chi connectivity index (χ1n) is 13.0. The van der Waals surface area contributed by atoms with Crippen LogP contribution in [0.15, 0.2) is 54.6 Å². The van der Waals surface area contributed by atoms with Crippen LogP contribution >= 0.6 is 0 Å². The fourth-order valence-electron chi connectivity index (χ4n) is 4.00. The van der Waals surface area contributed by atoms with Gasteiger partial charge in [0.25, 0.3) is 0 Å². The molecule has 0 spiro atoms. The van der Waals surface area contributed by atoms with Gasteiger partial charge in [-0.2, -0.15) is 0 Å². The first-order chi connectivity index (χ1) is 16.2. The zero-order valence-corrected chi connectivity index (χ0v) is 20.5. The van der Waals surface area contributed by atoms with Gasteiger partial charge in [-0.3, -0.25) is 9.59 Å². The van der Waals surface area contributed by atoms with Gasteiger partial charge in [-0.05, 0) is 48.9 Å². The molecule has 33 heavy (non-hydrogen) atoms. The minimum atomic E-state index is -0.289. The number of ether oxygens (including phenoxy) is 1. The van der Waals surface area contributed by atoms with Crippen LogP contribution in [-0.2, 0) is 9.53 Å². The Morgan fingerprint density at radius 1 is 0.727 bits per heavy atom. The van der Waals surface area contributed by atoms with Crippen LogP contribution in [0, 0.1) is 0 Å². The highest BCUT2D eigenvalue weighted by atomic mass is 16.5. The molecule has 2 aromatic rings. The molecular formula is C30H42O3. The van der Waals surface area contributed by atoms with Crippen LogP contribution in [0.1, 0.15) is 107 Å². The topological polar surface area (TPSA) is 43.4 Å². The molecule has 3 nitrogen and oxygen atoms in total. The van der Waals surface area contributed by atoms with E-state index >= 15 is 0 Å². The summed E-state index contributed by atoms with van der Waals surface area (Å²) in [4.78, 5) is 24.3. The number of hydrogen-bond acceptors (Lipinski definition) is 3. The predicted octanol–water partition coefficient (Wildman–Crippen LogP) is 8.60. The largest absolute Gasteiger partial charge is 0.457 e. The fourth-order valence-corrected chi connectivity index (χ4v) is 4.00. The molecule has 0 heterocycles. The van der Waals surface area contributed by atoms with E-state index in [1.54, 1.807) is 6.07 Å². The summed E-state index contributed by atoms with van der Waals surface area (Å²) < 4.78 is 5.18. The lowest BCUT2D eigenvalue weighted by molar-refractivity contribution is -0.142. The number of Topliss-reactive ketones (excluding diaryl/α,β-unsaturated/α-hetero) is 1. The molecule has 0 amide bonds. The maximum Gasteiger partial charge on any atom is 0.306 e. The zero-order chi connectivity index (χ0) is 23.6. The first-order valence-corrected chi connectivity index (χ1v) is 13.0. The van der Waals surface area contributed by atoms with Gasteiger partial charge in [0.05, 0.1) is 0 Å². The lowest BCUT2D eigenvalue weighted by atomic mass is 10.0. The average Bonchev–Trinajstić information content (AvgIpc) is 2.84. The number of esters is 1. The Morgan fingerprint density at radius 3 is 2.03 bits per heavy atom. The minimum absolute atomic E-state index is 0.159. The molecule has 0 aliphatic carbocycles. The third kappa shape index (κ3) is 11.8. The third-order valence-electron chi connectivity index (χ3n) is 6.08. The van der Waals surface area contributed by atoms with Gasteiger partial charge in [-0.25, -0.2) is 0 Å². The van der Waals surface area contributed by atoms with Gasteiger partial charge in [0, 0.05) is 12.0 Å². The van der Waals surface area contributed by atoms with Crippen molar-refractivity contribution in [2.75, 3.05) is 6.61 Å². The number of rotatable bonds is 18. The summed E-state index contributed by atoms with van der Waals surface area (Å²) in [7, 11) is 0. The van der Waals surface area contributed by atoms with E-state index in [4.69, 9.17) is 4.74 Å². The molecule has 0 fully saturated rings. The van der Waals surface area contributed by atoms with E-state index in [0.717, 1.165) is 36.5 Å². The van der Waals surface area contributed by atoms with E-state index in [-0.39, 0.29) is 18.4 Å². The lowest BCUT2D eigenvalue weighted by Gasteiger charge is -2.05. The predicted molar refractivity (Wildman–Crippen MR) is 139 cm³/mol. The summed E-state index contributed by atoms with van der Waals surface area (Å²) >= 11 is 0. The summed E-state index contributed by atoms with van der Waals surface area (Å²) in [5.74, 6) is -0.448. The van der Waals surface area contributed by atoms with Crippen molar-refractivity contribution in [3.8, 4) is 0 Å². The Bertz CT molecular complexity index is 852. The lowest BCUT2D eigenvalue weighted by Crippen LogP contribution is -2.13. The van der Waals surface area contributed by atoms with Crippen LogP contribution in [0.25, 0.3) is 10.8 Å². The summed E-state index contributed by atoms with van der Waals surface area (Å²) in [6.45, 7) is 2.08. The third-order valence-corrected chi connectivity index (χ3v) is 6.08. The quantitative estimate of drug-likeness (QED) is 0.0988. The molecule has 2 rings (SSSR count). The Labute approximate surface area is 200 Å². The first kappa shape index (κ1) is 26.8. The Balaban J connectivity index is 1.45. The monoisotopic (exact) mass is 450 g/mol. The van der Waals surface area contributed by atoms with E-state index in [1.807, 2.05) is 36.4 Å². The van der Waals surface area contributed by atoms with Crippen molar-refractivity contribution in [2.45, 2.75) is 96.8 Å². The number of carbonyl (C=O) groups is 2. The zero-order valence-electron chi connectivity index (χ0n) is 20.5. The number of fused-ring (bicyclic) bond motifs is 1. The van der Waals surface area contributed by atoms with Crippen LogP contribution in [0.5, 0.6) is 0 Å². The summed E-state index contributed by atoms with van der Waals surface area (Å²) in [5, 5.41) is 2.11. The van der Waals surface area contributed by atoms with Gasteiger partial charge in [-0.15, -0.1) is 0 Å². The molecule has 0 N–H and O–H groups in total. The molecule has 0 atom stereocenters. The van der Waals surface area contributed by atoms with Crippen molar-refractivity contribution in [1.29, 1.82) is 0 Å². The Hall–Kier alpha value is -2.42. The van der Waals surface area contributed by atoms with E-state index in [9.17, 15) is 9.59 Å². The summed E-state index contributed by atoms with van der Waals surface area (Å²) in [6, 6.07) is 13.5. The number of benzene rings is 2. The van der Waals surface area contributed by atoms with E-state index < -0.39 is 0 Å². The fraction of sp³-hybridized carbons (Fsp3) is 0.533. The minimum Gasteiger partial charge on any atom is -0.457 e. The van der Waals surface area contributed by atoms with E-state index in [0.29, 0.717) is 12.0 Å². The summed E-state index contributed by atoms with van der Waals surface area (Å²) in [6.07, 6.45) is 21.1. The maximum atomic E-state index is 12.3. The van der Waals surface area contributed by atoms with Crippen molar-refractivity contribution in [1.82, 2.24) is 0 Å². The van der Waals surface area contributed by atoms with E-state index in [2.05, 4.69) is 19.1 Å². The molecule has 0 bridgehead atoms. The normalized spacial score (nSPS) is 11.3. The molecule has 2 aromatic carbocycles. The maximum absolute atomic E-state index is 12.3. The van der Waals surface area contributed by atoms with Crippen molar-refractivity contribution in [3.05, 3.63) is 60.2 Å². The SMILES string of the molecule is CCCCCCCCCCC/C=C\CCCCC(=O)OCC(=O)c1ccc2ccccc2c1. The highest BCUT2D eigenvalue weighted by Crippen LogP contribution is 2.16. The van der Waals surface area contributed by atoms with Gasteiger partial charge in [-0.1, -0.05) is 107 Å². The molecule has 180 valence electrons. The number of unbranched alkanes of at least 4 members (excludes halogenated alkanes) is 11. The molecule has 0 saturated carbocycles. The molecule has 0 aromatic heterocycles. The molecule has 0 unspecified atom stereocenters.